The van der Waals surface area contributed by atoms with Gasteiger partial charge in [0.05, 0.1) is 6.20 Å². The van der Waals surface area contributed by atoms with E-state index >= 15 is 0 Å². The zero-order valence-electron chi connectivity index (χ0n) is 12.5. The average Bonchev–Trinajstić information content (AvgIpc) is 3.03. The summed E-state index contributed by atoms with van der Waals surface area (Å²) < 4.78 is 0. The van der Waals surface area contributed by atoms with Crippen molar-refractivity contribution >= 4 is 17.2 Å². The van der Waals surface area contributed by atoms with Crippen LogP contribution in [0.5, 0.6) is 0 Å². The number of thiazole rings is 1. The van der Waals surface area contributed by atoms with Gasteiger partial charge in [0.1, 0.15) is 4.88 Å². The Morgan fingerprint density at radius 3 is 2.59 bits per heavy atom. The Morgan fingerprint density at radius 1 is 1.14 bits per heavy atom. The highest BCUT2D eigenvalue weighted by Crippen LogP contribution is 2.15. The van der Waals surface area contributed by atoms with Crippen molar-refractivity contribution in [1.29, 1.82) is 0 Å². The lowest BCUT2D eigenvalue weighted by atomic mass is 10.2. The predicted molar refractivity (Wildman–Crippen MR) is 87.9 cm³/mol. The molecule has 0 saturated carbocycles. The molecule has 1 aromatic heterocycles. The largest absolute Gasteiger partial charge is 0.335 e. The Balaban J connectivity index is 1.69. The van der Waals surface area contributed by atoms with E-state index in [1.54, 1.807) is 6.20 Å². The molecule has 0 radical (unpaired) electrons. The molecule has 0 atom stereocenters. The molecule has 2 heterocycles. The van der Waals surface area contributed by atoms with Crippen LogP contribution in [0.25, 0.3) is 0 Å². The first kappa shape index (κ1) is 14.8. The van der Waals surface area contributed by atoms with Crippen LogP contribution in [-0.2, 0) is 0 Å². The molecule has 1 aromatic carbocycles. The van der Waals surface area contributed by atoms with Gasteiger partial charge in [-0.3, -0.25) is 4.79 Å². The van der Waals surface area contributed by atoms with Crippen LogP contribution in [0.2, 0.25) is 0 Å². The fraction of sp³-hybridized carbons (Fsp3) is 0.294. The smallest absolute Gasteiger partial charge is 0.265 e. The molecule has 0 unspecified atom stereocenters. The second-order valence-electron chi connectivity index (χ2n) is 5.24. The third-order valence-corrected chi connectivity index (χ3v) is 4.50. The van der Waals surface area contributed by atoms with Gasteiger partial charge >= 0.3 is 0 Å². The Bertz CT molecular complexity index is 706. The van der Waals surface area contributed by atoms with E-state index in [-0.39, 0.29) is 5.91 Å². The minimum absolute atomic E-state index is 0.0679. The van der Waals surface area contributed by atoms with Crippen molar-refractivity contribution in [3.05, 3.63) is 52.0 Å². The minimum Gasteiger partial charge on any atom is -0.335 e. The second kappa shape index (κ2) is 6.73. The second-order valence-corrected chi connectivity index (χ2v) is 6.27. The number of nitrogens with zero attached hydrogens (tertiary/aromatic N) is 3. The van der Waals surface area contributed by atoms with Crippen LogP contribution >= 0.6 is 11.3 Å². The molecular formula is C17H17N3OS. The molecule has 112 valence electrons. The van der Waals surface area contributed by atoms with Gasteiger partial charge in [-0.25, -0.2) is 4.98 Å². The van der Waals surface area contributed by atoms with E-state index in [4.69, 9.17) is 0 Å². The summed E-state index contributed by atoms with van der Waals surface area (Å²) in [4.78, 5) is 21.5. The van der Waals surface area contributed by atoms with Gasteiger partial charge < -0.3 is 9.80 Å². The molecule has 3 rings (SSSR count). The summed E-state index contributed by atoms with van der Waals surface area (Å²) in [7, 11) is 2.08. The standard InChI is InChI=1S/C17H17N3OS/c1-19-9-11-20(12-10-19)17(21)15-13-18-16(22-15)8-7-14-5-3-2-4-6-14/h2-6,13H,9-12H2,1H3. The first-order valence-electron chi connectivity index (χ1n) is 7.23. The van der Waals surface area contributed by atoms with E-state index in [0.29, 0.717) is 9.88 Å². The summed E-state index contributed by atoms with van der Waals surface area (Å²) in [5.41, 5.74) is 0.949. The van der Waals surface area contributed by atoms with Gasteiger partial charge in [0.2, 0.25) is 0 Å². The normalized spacial score (nSPS) is 15.2. The highest BCUT2D eigenvalue weighted by atomic mass is 32.1. The third-order valence-electron chi connectivity index (χ3n) is 3.59. The van der Waals surface area contributed by atoms with E-state index in [1.807, 2.05) is 35.2 Å². The Morgan fingerprint density at radius 2 is 1.86 bits per heavy atom. The lowest BCUT2D eigenvalue weighted by molar-refractivity contribution is 0.0668. The van der Waals surface area contributed by atoms with Gasteiger partial charge in [-0.1, -0.05) is 24.1 Å². The van der Waals surface area contributed by atoms with Crippen LogP contribution in [0.15, 0.2) is 36.5 Å². The molecule has 0 bridgehead atoms. The van der Waals surface area contributed by atoms with Crippen molar-refractivity contribution in [2.45, 2.75) is 0 Å². The highest BCUT2D eigenvalue weighted by molar-refractivity contribution is 7.14. The van der Waals surface area contributed by atoms with Crippen LogP contribution < -0.4 is 0 Å². The Hall–Kier alpha value is -2.16. The zero-order valence-corrected chi connectivity index (χ0v) is 13.3. The van der Waals surface area contributed by atoms with Gasteiger partial charge in [-0.15, -0.1) is 11.3 Å². The van der Waals surface area contributed by atoms with Crippen molar-refractivity contribution in [1.82, 2.24) is 14.8 Å². The van der Waals surface area contributed by atoms with Crippen molar-refractivity contribution in [2.24, 2.45) is 0 Å². The number of benzene rings is 1. The zero-order chi connectivity index (χ0) is 15.4. The van der Waals surface area contributed by atoms with Gasteiger partial charge in [-0.2, -0.15) is 0 Å². The van der Waals surface area contributed by atoms with Gasteiger partial charge in [0.15, 0.2) is 5.01 Å². The number of carbonyl (C=O) groups excluding carboxylic acids is 1. The fourth-order valence-electron chi connectivity index (χ4n) is 2.24. The first-order valence-corrected chi connectivity index (χ1v) is 8.05. The molecule has 0 N–H and O–H groups in total. The quantitative estimate of drug-likeness (QED) is 0.755. The molecule has 1 fully saturated rings. The lowest BCUT2D eigenvalue weighted by Gasteiger charge is -2.31. The molecule has 1 saturated heterocycles. The molecule has 0 aliphatic carbocycles. The molecule has 5 heteroatoms. The topological polar surface area (TPSA) is 36.4 Å². The SMILES string of the molecule is CN1CCN(C(=O)c2cnc(C#Cc3ccccc3)s2)CC1. The summed E-state index contributed by atoms with van der Waals surface area (Å²) in [6, 6.07) is 9.78. The third kappa shape index (κ3) is 3.53. The van der Waals surface area contributed by atoms with E-state index in [1.165, 1.54) is 11.3 Å². The summed E-state index contributed by atoms with van der Waals surface area (Å²) in [5, 5.41) is 0.682. The maximum atomic E-state index is 12.4. The molecular weight excluding hydrogens is 294 g/mol. The minimum atomic E-state index is 0.0679. The fourth-order valence-corrected chi connectivity index (χ4v) is 2.98. The molecule has 1 aliphatic heterocycles. The van der Waals surface area contributed by atoms with E-state index in [0.717, 1.165) is 31.7 Å². The highest BCUT2D eigenvalue weighted by Gasteiger charge is 2.21. The maximum Gasteiger partial charge on any atom is 0.265 e. The average molecular weight is 311 g/mol. The number of amides is 1. The van der Waals surface area contributed by atoms with Crippen LogP contribution in [0.3, 0.4) is 0 Å². The monoisotopic (exact) mass is 311 g/mol. The summed E-state index contributed by atoms with van der Waals surface area (Å²) in [6.45, 7) is 3.40. The maximum absolute atomic E-state index is 12.4. The number of carbonyl (C=O) groups is 1. The van der Waals surface area contributed by atoms with Crippen molar-refractivity contribution in [3.63, 3.8) is 0 Å². The molecule has 22 heavy (non-hydrogen) atoms. The molecule has 1 aliphatic rings. The first-order chi connectivity index (χ1) is 10.7. The van der Waals surface area contributed by atoms with Crippen LogP contribution in [0.1, 0.15) is 20.2 Å². The van der Waals surface area contributed by atoms with E-state index < -0.39 is 0 Å². The van der Waals surface area contributed by atoms with Gasteiger partial charge in [0.25, 0.3) is 5.91 Å². The number of rotatable bonds is 1. The van der Waals surface area contributed by atoms with Crippen molar-refractivity contribution in [3.8, 4) is 11.8 Å². The Labute approximate surface area is 134 Å². The Kier molecular flexibility index (Phi) is 4.52. The summed E-state index contributed by atoms with van der Waals surface area (Å²) >= 11 is 1.37. The van der Waals surface area contributed by atoms with E-state index in [9.17, 15) is 4.79 Å². The summed E-state index contributed by atoms with van der Waals surface area (Å²) in [6.07, 6.45) is 1.64. The molecule has 0 spiro atoms. The van der Waals surface area contributed by atoms with Crippen LogP contribution in [-0.4, -0.2) is 53.9 Å². The molecule has 4 nitrogen and oxygen atoms in total. The number of hydrogen-bond donors (Lipinski definition) is 0. The van der Waals surface area contributed by atoms with Gasteiger partial charge in [-0.05, 0) is 25.1 Å². The number of piperazine rings is 1. The predicted octanol–water partition coefficient (Wildman–Crippen LogP) is 1.93. The number of aromatic nitrogens is 1. The molecule has 1 amide bonds. The van der Waals surface area contributed by atoms with E-state index in [2.05, 4.69) is 28.8 Å². The number of hydrogen-bond acceptors (Lipinski definition) is 4. The van der Waals surface area contributed by atoms with Crippen molar-refractivity contribution in [2.75, 3.05) is 33.2 Å². The lowest BCUT2D eigenvalue weighted by Crippen LogP contribution is -2.46. The van der Waals surface area contributed by atoms with Crippen LogP contribution in [0, 0.1) is 11.8 Å². The molecule has 2 aromatic rings. The number of likely N-dealkylation sites (N-methyl/N-ethyl adjacent to an activating group) is 1. The van der Waals surface area contributed by atoms with Crippen molar-refractivity contribution < 1.29 is 4.79 Å². The summed E-state index contributed by atoms with van der Waals surface area (Å²) in [5.74, 6) is 6.16. The van der Waals surface area contributed by atoms with Crippen LogP contribution in [0.4, 0.5) is 0 Å². The van der Waals surface area contributed by atoms with Gasteiger partial charge in [0, 0.05) is 31.7 Å².